The SMILES string of the molecule is C[C@]12CC[C@H](O)C[C@@H]1CC[C@@H]1[C@@H]2[C@H](NCCCN=C(N)N)C[C@]2(C)[C@@H](c3cnc[nH]3)CC[C@@H]12. The highest BCUT2D eigenvalue weighted by Crippen LogP contribution is 2.68. The molecule has 4 aliphatic carbocycles. The van der Waals surface area contributed by atoms with Gasteiger partial charge in [-0.05, 0) is 98.8 Å². The standard InChI is InChI=1S/C26H44N6O/c1-25-9-8-17(33)12-16(25)4-5-18-19-6-7-20(22-14-29-15-32-22)26(19,2)13-21(23(18)25)30-10-3-11-31-24(27)28/h14-21,23,30,33H,3-13H2,1-2H3,(H,29,32)(H4,27,28,31)/t16-,17-,18-,19-,20+,21+,23+,25-,26-/m0/s1. The number of fused-ring (bicyclic) bond motifs is 5. The third-order valence-electron chi connectivity index (χ3n) is 10.5. The van der Waals surface area contributed by atoms with Crippen molar-refractivity contribution in [1.82, 2.24) is 15.3 Å². The van der Waals surface area contributed by atoms with Gasteiger partial charge in [-0.15, -0.1) is 0 Å². The maximum absolute atomic E-state index is 10.4. The molecule has 0 saturated heterocycles. The number of imidazole rings is 1. The molecular formula is C26H44N6O. The fourth-order valence-corrected chi connectivity index (χ4v) is 9.16. The zero-order chi connectivity index (χ0) is 23.2. The monoisotopic (exact) mass is 456 g/mol. The first-order valence-corrected chi connectivity index (χ1v) is 13.3. The van der Waals surface area contributed by atoms with Gasteiger partial charge in [0.25, 0.3) is 0 Å². The molecule has 33 heavy (non-hydrogen) atoms. The number of aliphatic hydroxyl groups excluding tert-OH is 1. The number of aliphatic hydroxyl groups is 1. The van der Waals surface area contributed by atoms with Crippen LogP contribution in [0.3, 0.4) is 0 Å². The van der Waals surface area contributed by atoms with Crippen LogP contribution in [0.1, 0.15) is 83.2 Å². The van der Waals surface area contributed by atoms with E-state index in [2.05, 4.69) is 40.3 Å². The van der Waals surface area contributed by atoms with Gasteiger partial charge in [0, 0.05) is 30.4 Å². The molecule has 4 fully saturated rings. The molecule has 7 nitrogen and oxygen atoms in total. The molecule has 0 bridgehead atoms. The van der Waals surface area contributed by atoms with Gasteiger partial charge in [0.05, 0.1) is 12.4 Å². The van der Waals surface area contributed by atoms with Crippen LogP contribution in [0.15, 0.2) is 17.5 Å². The highest BCUT2D eigenvalue weighted by molar-refractivity contribution is 5.75. The van der Waals surface area contributed by atoms with Gasteiger partial charge in [-0.25, -0.2) is 4.98 Å². The summed E-state index contributed by atoms with van der Waals surface area (Å²) in [6.07, 6.45) is 14.3. The molecule has 5 rings (SSSR count). The van der Waals surface area contributed by atoms with E-state index in [-0.39, 0.29) is 12.1 Å². The molecule has 9 atom stereocenters. The number of rotatable bonds is 6. The summed E-state index contributed by atoms with van der Waals surface area (Å²) in [5.74, 6) is 3.63. The summed E-state index contributed by atoms with van der Waals surface area (Å²) in [5, 5.41) is 14.5. The van der Waals surface area contributed by atoms with E-state index < -0.39 is 0 Å². The number of aromatic nitrogens is 2. The zero-order valence-corrected chi connectivity index (χ0v) is 20.5. The average Bonchev–Trinajstić information content (AvgIpc) is 3.40. The van der Waals surface area contributed by atoms with Crippen molar-refractivity contribution in [2.45, 2.75) is 89.7 Å². The van der Waals surface area contributed by atoms with E-state index in [0.717, 1.165) is 37.6 Å². The largest absolute Gasteiger partial charge is 0.393 e. The van der Waals surface area contributed by atoms with Crippen molar-refractivity contribution in [3.05, 3.63) is 18.2 Å². The van der Waals surface area contributed by atoms with E-state index >= 15 is 0 Å². The predicted molar refractivity (Wildman–Crippen MR) is 132 cm³/mol. The first kappa shape index (κ1) is 23.2. The van der Waals surface area contributed by atoms with Crippen LogP contribution in [-0.2, 0) is 0 Å². The van der Waals surface area contributed by atoms with Gasteiger partial charge in [0.1, 0.15) is 0 Å². The Bertz CT molecular complexity index is 838. The van der Waals surface area contributed by atoms with Crippen LogP contribution in [-0.4, -0.2) is 46.3 Å². The van der Waals surface area contributed by atoms with Crippen molar-refractivity contribution in [2.75, 3.05) is 13.1 Å². The summed E-state index contributed by atoms with van der Waals surface area (Å²) in [6, 6.07) is 0.502. The van der Waals surface area contributed by atoms with E-state index in [4.69, 9.17) is 11.5 Å². The van der Waals surface area contributed by atoms with Crippen LogP contribution >= 0.6 is 0 Å². The van der Waals surface area contributed by atoms with Crippen molar-refractivity contribution in [1.29, 1.82) is 0 Å². The molecule has 1 heterocycles. The van der Waals surface area contributed by atoms with E-state index in [1.807, 2.05) is 6.33 Å². The minimum Gasteiger partial charge on any atom is -0.393 e. The molecule has 0 amide bonds. The molecule has 7 heteroatoms. The van der Waals surface area contributed by atoms with E-state index in [9.17, 15) is 5.11 Å². The predicted octanol–water partition coefficient (Wildman–Crippen LogP) is 3.13. The Labute approximate surface area is 198 Å². The second kappa shape index (κ2) is 8.88. The van der Waals surface area contributed by atoms with Crippen molar-refractivity contribution >= 4 is 5.96 Å². The lowest BCUT2D eigenvalue weighted by molar-refractivity contribution is -0.137. The molecular weight excluding hydrogens is 412 g/mol. The molecule has 0 aliphatic heterocycles. The smallest absolute Gasteiger partial charge is 0.185 e. The number of aromatic amines is 1. The minimum atomic E-state index is -0.101. The van der Waals surface area contributed by atoms with Gasteiger partial charge in [-0.1, -0.05) is 13.8 Å². The fraction of sp³-hybridized carbons (Fsp3) is 0.846. The minimum absolute atomic E-state index is 0.101. The lowest BCUT2D eigenvalue weighted by Gasteiger charge is -2.63. The van der Waals surface area contributed by atoms with Crippen molar-refractivity contribution in [3.8, 4) is 0 Å². The molecule has 0 unspecified atom stereocenters. The first-order chi connectivity index (χ1) is 15.8. The third kappa shape index (κ3) is 3.99. The molecule has 7 N–H and O–H groups in total. The number of guanidine groups is 1. The Morgan fingerprint density at radius 1 is 1.21 bits per heavy atom. The molecule has 184 valence electrons. The lowest BCUT2D eigenvalue weighted by atomic mass is 9.43. The van der Waals surface area contributed by atoms with Crippen molar-refractivity contribution < 1.29 is 5.11 Å². The van der Waals surface area contributed by atoms with Gasteiger partial charge in [0.15, 0.2) is 5.96 Å². The van der Waals surface area contributed by atoms with Gasteiger partial charge in [0.2, 0.25) is 0 Å². The number of nitrogens with one attached hydrogen (secondary N) is 2. The Balaban J connectivity index is 1.42. The van der Waals surface area contributed by atoms with Crippen LogP contribution in [0.25, 0.3) is 0 Å². The number of hydrogen-bond acceptors (Lipinski definition) is 4. The summed E-state index contributed by atoms with van der Waals surface area (Å²) in [7, 11) is 0. The maximum Gasteiger partial charge on any atom is 0.185 e. The van der Waals surface area contributed by atoms with Crippen LogP contribution < -0.4 is 16.8 Å². The third-order valence-corrected chi connectivity index (χ3v) is 10.5. The quantitative estimate of drug-likeness (QED) is 0.255. The molecule has 0 radical (unpaired) electrons. The lowest BCUT2D eigenvalue weighted by Crippen LogP contribution is -2.62. The molecule has 0 aromatic carbocycles. The van der Waals surface area contributed by atoms with E-state index in [0.29, 0.717) is 41.2 Å². The molecule has 4 saturated carbocycles. The highest BCUT2D eigenvalue weighted by Gasteiger charge is 2.63. The number of aliphatic imine (C=N–C) groups is 1. The van der Waals surface area contributed by atoms with E-state index in [1.54, 1.807) is 0 Å². The Morgan fingerprint density at radius 2 is 2.06 bits per heavy atom. The van der Waals surface area contributed by atoms with Crippen LogP contribution in [0.4, 0.5) is 0 Å². The summed E-state index contributed by atoms with van der Waals surface area (Å²) in [5.41, 5.74) is 13.0. The topological polar surface area (TPSA) is 125 Å². The maximum atomic E-state index is 10.4. The summed E-state index contributed by atoms with van der Waals surface area (Å²) < 4.78 is 0. The Hall–Kier alpha value is -1.60. The van der Waals surface area contributed by atoms with Gasteiger partial charge >= 0.3 is 0 Å². The van der Waals surface area contributed by atoms with Crippen LogP contribution in [0.2, 0.25) is 0 Å². The number of H-pyrrole nitrogens is 1. The Morgan fingerprint density at radius 3 is 2.82 bits per heavy atom. The summed E-state index contributed by atoms with van der Waals surface area (Å²) >= 11 is 0. The molecule has 1 aromatic heterocycles. The number of nitrogens with two attached hydrogens (primary N) is 2. The number of nitrogens with zero attached hydrogens (tertiary/aromatic N) is 2. The van der Waals surface area contributed by atoms with Crippen molar-refractivity contribution in [3.63, 3.8) is 0 Å². The van der Waals surface area contributed by atoms with Gasteiger partial charge in [-0.3, -0.25) is 4.99 Å². The first-order valence-electron chi connectivity index (χ1n) is 13.3. The number of hydrogen-bond donors (Lipinski definition) is 5. The second-order valence-corrected chi connectivity index (χ2v) is 12.1. The summed E-state index contributed by atoms with van der Waals surface area (Å²) in [4.78, 5) is 12.0. The van der Waals surface area contributed by atoms with Crippen LogP contribution in [0, 0.1) is 34.5 Å². The van der Waals surface area contributed by atoms with Crippen molar-refractivity contribution in [2.24, 2.45) is 51.0 Å². The van der Waals surface area contributed by atoms with Gasteiger partial charge in [-0.2, -0.15) is 0 Å². The second-order valence-electron chi connectivity index (χ2n) is 12.1. The van der Waals surface area contributed by atoms with Crippen LogP contribution in [0.5, 0.6) is 0 Å². The normalized spacial score (nSPS) is 44.5. The van der Waals surface area contributed by atoms with E-state index in [1.165, 1.54) is 44.2 Å². The summed E-state index contributed by atoms with van der Waals surface area (Å²) in [6.45, 7) is 6.76. The molecule has 1 aromatic rings. The van der Waals surface area contributed by atoms with Gasteiger partial charge < -0.3 is 26.9 Å². The molecule has 4 aliphatic rings. The molecule has 0 spiro atoms. The Kier molecular flexibility index (Phi) is 6.23. The fourth-order valence-electron chi connectivity index (χ4n) is 9.16. The zero-order valence-electron chi connectivity index (χ0n) is 20.5. The highest BCUT2D eigenvalue weighted by atomic mass is 16.3. The average molecular weight is 457 g/mol.